The number of halogens is 3. The van der Waals surface area contributed by atoms with Crippen molar-refractivity contribution in [2.75, 3.05) is 19.8 Å². The Morgan fingerprint density at radius 2 is 2.19 bits per heavy atom. The van der Waals surface area contributed by atoms with Gasteiger partial charge >= 0.3 is 12.1 Å². The summed E-state index contributed by atoms with van der Waals surface area (Å²) in [6, 6.07) is 0.495. The van der Waals surface area contributed by atoms with Gasteiger partial charge in [-0.15, -0.1) is 11.3 Å². The second kappa shape index (κ2) is 9.12. The van der Waals surface area contributed by atoms with Gasteiger partial charge in [-0.05, 0) is 26.7 Å². The fourth-order valence-corrected chi connectivity index (χ4v) is 3.87. The van der Waals surface area contributed by atoms with Gasteiger partial charge < -0.3 is 14.6 Å². The molecule has 2 fully saturated rings. The molecule has 2 aliphatic rings. The number of aromatic nitrogens is 1. The molecule has 1 aliphatic carbocycles. The van der Waals surface area contributed by atoms with Crippen molar-refractivity contribution < 1.29 is 32.5 Å². The van der Waals surface area contributed by atoms with Crippen LogP contribution in [0.1, 0.15) is 30.5 Å². The number of alkyl halides is 3. The summed E-state index contributed by atoms with van der Waals surface area (Å²) in [5.74, 6) is -2.76. The smallest absolute Gasteiger partial charge is 0.475 e. The van der Waals surface area contributed by atoms with E-state index in [1.165, 1.54) is 12.1 Å². The van der Waals surface area contributed by atoms with E-state index >= 15 is 0 Å². The fourth-order valence-electron chi connectivity index (χ4n) is 3.26. The van der Waals surface area contributed by atoms with Crippen LogP contribution in [0.5, 0.6) is 0 Å². The largest absolute Gasteiger partial charge is 0.490 e. The van der Waals surface area contributed by atoms with E-state index in [4.69, 9.17) is 19.4 Å². The summed E-state index contributed by atoms with van der Waals surface area (Å²) >= 11 is 1.73. The second-order valence-electron chi connectivity index (χ2n) is 6.11. The number of aryl methyl sites for hydroxylation is 1. The lowest BCUT2D eigenvalue weighted by Crippen LogP contribution is -2.42. The van der Waals surface area contributed by atoms with Crippen molar-refractivity contribution in [1.82, 2.24) is 9.88 Å². The van der Waals surface area contributed by atoms with Crippen LogP contribution in [0.3, 0.4) is 0 Å². The van der Waals surface area contributed by atoms with E-state index in [1.54, 1.807) is 11.3 Å². The predicted molar refractivity (Wildman–Crippen MR) is 89.1 cm³/mol. The molecular weight excluding hydrogens is 373 g/mol. The van der Waals surface area contributed by atoms with Crippen molar-refractivity contribution in [3.8, 4) is 0 Å². The molecular formula is C16H23F3N2O4S. The summed E-state index contributed by atoms with van der Waals surface area (Å²) < 4.78 is 43.6. The van der Waals surface area contributed by atoms with Crippen LogP contribution in [-0.4, -0.2) is 65.1 Å². The van der Waals surface area contributed by atoms with E-state index in [2.05, 4.69) is 29.1 Å². The molecule has 1 N–H and O–H groups in total. The lowest BCUT2D eigenvalue weighted by Gasteiger charge is -2.30. The molecule has 26 heavy (non-hydrogen) atoms. The Labute approximate surface area is 153 Å². The molecule has 6 nitrogen and oxygen atoms in total. The molecule has 1 saturated heterocycles. The van der Waals surface area contributed by atoms with Crippen molar-refractivity contribution in [3.05, 3.63) is 16.1 Å². The molecule has 1 aromatic rings. The highest BCUT2D eigenvalue weighted by Gasteiger charge is 2.42. The maximum Gasteiger partial charge on any atom is 0.490 e. The molecule has 1 saturated carbocycles. The zero-order valence-electron chi connectivity index (χ0n) is 14.7. The van der Waals surface area contributed by atoms with E-state index in [0.29, 0.717) is 12.1 Å². The Kier molecular flexibility index (Phi) is 7.39. The molecule has 2 bridgehead atoms. The molecule has 0 aromatic carbocycles. The van der Waals surface area contributed by atoms with Crippen LogP contribution in [0.2, 0.25) is 0 Å². The maximum absolute atomic E-state index is 10.6. The first-order valence-corrected chi connectivity index (χ1v) is 9.28. The Morgan fingerprint density at radius 3 is 2.73 bits per heavy atom. The number of nitrogens with zero attached hydrogens (tertiary/aromatic N) is 2. The van der Waals surface area contributed by atoms with Crippen molar-refractivity contribution in [3.63, 3.8) is 0 Å². The molecule has 0 radical (unpaired) electrons. The highest BCUT2D eigenvalue weighted by atomic mass is 32.1. The minimum atomic E-state index is -5.08. The normalized spacial score (nSPS) is 26.1. The third-order valence-electron chi connectivity index (χ3n) is 4.31. The topological polar surface area (TPSA) is 71.9 Å². The monoisotopic (exact) mass is 396 g/mol. The number of hydrogen-bond donors (Lipinski definition) is 1. The van der Waals surface area contributed by atoms with Crippen LogP contribution in [0.4, 0.5) is 13.2 Å². The van der Waals surface area contributed by atoms with Gasteiger partial charge in [0.25, 0.3) is 0 Å². The van der Waals surface area contributed by atoms with Crippen LogP contribution in [0.25, 0.3) is 0 Å². The summed E-state index contributed by atoms with van der Waals surface area (Å²) in [4.78, 5) is 16.0. The average Bonchev–Trinajstić information content (AvgIpc) is 3.07. The van der Waals surface area contributed by atoms with E-state index in [0.717, 1.165) is 37.7 Å². The van der Waals surface area contributed by atoms with Gasteiger partial charge in [-0.2, -0.15) is 13.2 Å². The number of carboxylic acid groups (broad SMARTS) is 1. The fraction of sp³-hybridized carbons (Fsp3) is 0.750. The predicted octanol–water partition coefficient (Wildman–Crippen LogP) is 2.85. The van der Waals surface area contributed by atoms with Crippen molar-refractivity contribution in [2.45, 2.75) is 57.7 Å². The van der Waals surface area contributed by atoms with Gasteiger partial charge in [-0.1, -0.05) is 0 Å². The van der Waals surface area contributed by atoms with Gasteiger partial charge in [0.2, 0.25) is 0 Å². The number of ether oxygens (including phenoxy) is 2. The zero-order valence-corrected chi connectivity index (χ0v) is 15.5. The Hall–Kier alpha value is -1.23. The van der Waals surface area contributed by atoms with Crippen LogP contribution in [0.15, 0.2) is 5.38 Å². The molecule has 148 valence electrons. The lowest BCUT2D eigenvalue weighted by molar-refractivity contribution is -0.192. The molecule has 1 aliphatic heterocycles. The lowest BCUT2D eigenvalue weighted by atomic mass is 10.1. The second-order valence-corrected chi connectivity index (χ2v) is 7.17. The summed E-state index contributed by atoms with van der Waals surface area (Å²) in [6.45, 7) is 7.63. The van der Waals surface area contributed by atoms with Gasteiger partial charge in [-0.3, -0.25) is 4.90 Å². The summed E-state index contributed by atoms with van der Waals surface area (Å²) in [5, 5.41) is 10.4. The number of fused-ring (bicyclic) bond motifs is 2. The number of rotatable bonds is 4. The van der Waals surface area contributed by atoms with Crippen molar-refractivity contribution in [1.29, 1.82) is 0 Å². The maximum atomic E-state index is 10.6. The number of carboxylic acids is 1. The molecule has 0 spiro atoms. The molecule has 3 atom stereocenters. The molecule has 2 heterocycles. The van der Waals surface area contributed by atoms with Crippen LogP contribution in [-0.2, 0) is 20.8 Å². The van der Waals surface area contributed by atoms with E-state index < -0.39 is 12.1 Å². The van der Waals surface area contributed by atoms with Gasteiger partial charge in [0.15, 0.2) is 0 Å². The summed E-state index contributed by atoms with van der Waals surface area (Å²) in [6.07, 6.45) is -2.24. The molecule has 3 rings (SSSR count). The SMILES string of the molecule is CCOC1C2CCC1N(Cc1csc(C)n1)CCO2.O=C(O)C(F)(F)F. The minimum Gasteiger partial charge on any atom is -0.475 e. The Bertz CT molecular complexity index is 596. The van der Waals surface area contributed by atoms with E-state index in [1.807, 2.05) is 0 Å². The van der Waals surface area contributed by atoms with Gasteiger partial charge in [0.05, 0.1) is 29.5 Å². The van der Waals surface area contributed by atoms with Gasteiger partial charge in [-0.25, -0.2) is 9.78 Å². The molecule has 10 heteroatoms. The van der Waals surface area contributed by atoms with Gasteiger partial charge in [0, 0.05) is 31.1 Å². The minimum absolute atomic E-state index is 0.243. The summed E-state index contributed by atoms with van der Waals surface area (Å²) in [7, 11) is 0. The number of hydrogen-bond acceptors (Lipinski definition) is 6. The van der Waals surface area contributed by atoms with Crippen molar-refractivity contribution in [2.24, 2.45) is 0 Å². The summed E-state index contributed by atoms with van der Waals surface area (Å²) in [5.41, 5.74) is 1.18. The van der Waals surface area contributed by atoms with Crippen molar-refractivity contribution >= 4 is 17.3 Å². The quantitative estimate of drug-likeness (QED) is 0.844. The van der Waals surface area contributed by atoms with Crippen LogP contribution < -0.4 is 0 Å². The Balaban J connectivity index is 0.000000298. The number of thiazole rings is 1. The van der Waals surface area contributed by atoms with E-state index in [-0.39, 0.29) is 6.10 Å². The first-order valence-electron chi connectivity index (χ1n) is 8.40. The van der Waals surface area contributed by atoms with Gasteiger partial charge in [0.1, 0.15) is 0 Å². The molecule has 1 aromatic heterocycles. The third kappa shape index (κ3) is 5.63. The molecule has 3 unspecified atom stereocenters. The third-order valence-corrected chi connectivity index (χ3v) is 5.13. The first-order chi connectivity index (χ1) is 12.2. The number of aliphatic carboxylic acids is 1. The highest BCUT2D eigenvalue weighted by Crippen LogP contribution is 2.32. The Morgan fingerprint density at radius 1 is 1.50 bits per heavy atom. The number of carbonyl (C=O) groups is 1. The average molecular weight is 396 g/mol. The standard InChI is InChI=1S/C14H22N2O2S.C2HF3O2/c1-3-17-14-12-4-5-13(14)18-7-6-16(12)8-11-9-19-10(2)15-11;3-2(4,5)1(6)7/h9,12-14H,3-8H2,1-2H3;(H,6,7). The molecule has 0 amide bonds. The van der Waals surface area contributed by atoms with E-state index in [9.17, 15) is 13.2 Å². The zero-order chi connectivity index (χ0) is 19.3. The van der Waals surface area contributed by atoms with Crippen LogP contribution >= 0.6 is 11.3 Å². The highest BCUT2D eigenvalue weighted by molar-refractivity contribution is 7.09. The van der Waals surface area contributed by atoms with Crippen LogP contribution in [0, 0.1) is 6.92 Å². The first kappa shape index (κ1) is 21.1.